The van der Waals surface area contributed by atoms with E-state index in [0.717, 1.165) is 27.1 Å². The van der Waals surface area contributed by atoms with E-state index >= 15 is 0 Å². The van der Waals surface area contributed by atoms with Gasteiger partial charge in [0.05, 0.1) is 25.8 Å². The fourth-order valence-corrected chi connectivity index (χ4v) is 4.19. The van der Waals surface area contributed by atoms with Crippen molar-refractivity contribution in [1.29, 1.82) is 0 Å². The molecule has 0 N–H and O–H groups in total. The van der Waals surface area contributed by atoms with E-state index in [-0.39, 0.29) is 5.02 Å². The molecule has 1 heterocycles. The van der Waals surface area contributed by atoms with Gasteiger partial charge < -0.3 is 9.47 Å². The van der Waals surface area contributed by atoms with E-state index in [4.69, 9.17) is 21.1 Å². The number of ether oxygens (including phenoxy) is 2. The molecule has 0 saturated heterocycles. The first-order valence-corrected chi connectivity index (χ1v) is 9.64. The van der Waals surface area contributed by atoms with E-state index in [1.165, 1.54) is 29.4 Å². The van der Waals surface area contributed by atoms with Crippen molar-refractivity contribution in [2.75, 3.05) is 18.5 Å². The van der Waals surface area contributed by atoms with Gasteiger partial charge in [-0.25, -0.2) is 9.37 Å². The van der Waals surface area contributed by atoms with Crippen LogP contribution < -0.4 is 13.8 Å². The van der Waals surface area contributed by atoms with Crippen LogP contribution in [0.2, 0.25) is 5.02 Å². The first-order valence-electron chi connectivity index (χ1n) is 7.61. The summed E-state index contributed by atoms with van der Waals surface area (Å²) in [6, 6.07) is 10.3. The lowest BCUT2D eigenvalue weighted by Crippen LogP contribution is -2.14. The van der Waals surface area contributed by atoms with E-state index in [2.05, 4.69) is 4.98 Å². The van der Waals surface area contributed by atoms with Gasteiger partial charge in [-0.1, -0.05) is 11.6 Å². The Hall–Kier alpha value is -1.96. The molecule has 4 nitrogen and oxygen atoms in total. The van der Waals surface area contributed by atoms with Crippen LogP contribution in [0, 0.1) is 5.82 Å². The van der Waals surface area contributed by atoms with E-state index in [0.29, 0.717) is 6.54 Å². The van der Waals surface area contributed by atoms with Gasteiger partial charge in [0.1, 0.15) is 17.3 Å². The number of benzene rings is 2. The van der Waals surface area contributed by atoms with E-state index < -0.39 is 5.82 Å². The lowest BCUT2D eigenvalue weighted by atomic mass is 10.2. The number of halogens is 2. The summed E-state index contributed by atoms with van der Waals surface area (Å²) in [5, 5.41) is 2.83. The number of aromatic nitrogens is 1. The predicted octanol–water partition coefficient (Wildman–Crippen LogP) is 5.67. The molecule has 136 valence electrons. The van der Waals surface area contributed by atoms with Crippen molar-refractivity contribution in [3.63, 3.8) is 0 Å². The highest BCUT2D eigenvalue weighted by Crippen LogP contribution is 2.35. The SMILES string of the molecule is COc1ccc(CN(Sc2ccc(F)c(Cl)c2)c2nccs2)c(OC)c1. The monoisotopic (exact) mass is 410 g/mol. The number of thiazole rings is 1. The molecule has 0 aliphatic rings. The van der Waals surface area contributed by atoms with Gasteiger partial charge in [0.15, 0.2) is 5.13 Å². The molecule has 0 bridgehead atoms. The second-order valence-corrected chi connectivity index (χ2v) is 7.57. The van der Waals surface area contributed by atoms with Crippen LogP contribution in [0.3, 0.4) is 0 Å². The Morgan fingerprint density at radius 2 is 2.04 bits per heavy atom. The summed E-state index contributed by atoms with van der Waals surface area (Å²) in [5.41, 5.74) is 0.976. The number of nitrogens with zero attached hydrogens (tertiary/aromatic N) is 2. The Morgan fingerprint density at radius 1 is 1.19 bits per heavy atom. The lowest BCUT2D eigenvalue weighted by molar-refractivity contribution is 0.391. The maximum absolute atomic E-state index is 13.4. The molecule has 3 rings (SSSR count). The second kappa shape index (κ2) is 8.62. The topological polar surface area (TPSA) is 34.6 Å². The number of methoxy groups -OCH3 is 2. The molecule has 8 heteroatoms. The minimum Gasteiger partial charge on any atom is -0.497 e. The fourth-order valence-electron chi connectivity index (χ4n) is 2.28. The van der Waals surface area contributed by atoms with Gasteiger partial charge in [-0.15, -0.1) is 11.3 Å². The van der Waals surface area contributed by atoms with Crippen molar-refractivity contribution in [3.8, 4) is 11.5 Å². The first kappa shape index (κ1) is 18.8. The van der Waals surface area contributed by atoms with E-state index in [9.17, 15) is 4.39 Å². The van der Waals surface area contributed by atoms with Gasteiger partial charge >= 0.3 is 0 Å². The summed E-state index contributed by atoms with van der Waals surface area (Å²) in [7, 11) is 3.24. The van der Waals surface area contributed by atoms with Crippen molar-refractivity contribution < 1.29 is 13.9 Å². The van der Waals surface area contributed by atoms with Crippen molar-refractivity contribution >= 4 is 40.0 Å². The summed E-state index contributed by atoms with van der Waals surface area (Å²) in [5.74, 6) is 1.02. The standard InChI is InChI=1S/C18H16ClFN2O2S2/c1-23-13-4-3-12(17(9-13)24-2)11-22(18-21-7-8-25-18)26-14-5-6-16(20)15(19)10-14/h3-10H,11H2,1-2H3. The number of rotatable bonds is 7. The number of hydrogen-bond acceptors (Lipinski definition) is 6. The number of hydrogen-bond donors (Lipinski definition) is 0. The first-order chi connectivity index (χ1) is 12.6. The predicted molar refractivity (Wildman–Crippen MR) is 105 cm³/mol. The molecule has 26 heavy (non-hydrogen) atoms. The molecular weight excluding hydrogens is 395 g/mol. The minimum atomic E-state index is -0.436. The van der Waals surface area contributed by atoms with E-state index in [1.807, 2.05) is 27.9 Å². The molecule has 0 unspecified atom stereocenters. The zero-order valence-electron chi connectivity index (χ0n) is 14.1. The van der Waals surface area contributed by atoms with Crippen LogP contribution in [0.1, 0.15) is 5.56 Å². The third kappa shape index (κ3) is 4.41. The Labute approximate surface area is 164 Å². The normalized spacial score (nSPS) is 10.6. The van der Waals surface area contributed by atoms with Gasteiger partial charge in [0.2, 0.25) is 0 Å². The van der Waals surface area contributed by atoms with Crippen LogP contribution in [0.4, 0.5) is 9.52 Å². The molecule has 0 aliphatic heterocycles. The van der Waals surface area contributed by atoms with Crippen LogP contribution in [-0.2, 0) is 6.54 Å². The van der Waals surface area contributed by atoms with Gasteiger partial charge in [-0.05, 0) is 42.3 Å². The molecule has 3 aromatic rings. The maximum atomic E-state index is 13.4. The Morgan fingerprint density at radius 3 is 2.69 bits per heavy atom. The van der Waals surface area contributed by atoms with Gasteiger partial charge in [0.25, 0.3) is 0 Å². The highest BCUT2D eigenvalue weighted by Gasteiger charge is 2.16. The average molecular weight is 411 g/mol. The Bertz CT molecular complexity index is 878. The highest BCUT2D eigenvalue weighted by atomic mass is 35.5. The highest BCUT2D eigenvalue weighted by molar-refractivity contribution is 8.00. The molecule has 0 spiro atoms. The molecule has 0 fully saturated rings. The van der Waals surface area contributed by atoms with Crippen molar-refractivity contribution in [1.82, 2.24) is 4.98 Å². The van der Waals surface area contributed by atoms with Crippen LogP contribution in [0.15, 0.2) is 52.9 Å². The van der Waals surface area contributed by atoms with Crippen molar-refractivity contribution in [2.24, 2.45) is 0 Å². The zero-order valence-corrected chi connectivity index (χ0v) is 16.5. The Balaban J connectivity index is 1.89. The summed E-state index contributed by atoms with van der Waals surface area (Å²) >= 11 is 8.87. The summed E-state index contributed by atoms with van der Waals surface area (Å²) in [6.45, 7) is 0.542. The zero-order chi connectivity index (χ0) is 18.5. The summed E-state index contributed by atoms with van der Waals surface area (Å²) in [4.78, 5) is 5.21. The molecule has 0 aliphatic carbocycles. The van der Waals surface area contributed by atoms with E-state index in [1.54, 1.807) is 32.5 Å². The van der Waals surface area contributed by atoms with Gasteiger partial charge in [-0.2, -0.15) is 0 Å². The van der Waals surface area contributed by atoms with Gasteiger partial charge in [-0.3, -0.25) is 4.31 Å². The smallest absolute Gasteiger partial charge is 0.195 e. The average Bonchev–Trinajstić information content (AvgIpc) is 3.19. The lowest BCUT2D eigenvalue weighted by Gasteiger charge is -2.22. The Kier molecular flexibility index (Phi) is 6.24. The quantitative estimate of drug-likeness (QED) is 0.469. The molecule has 0 saturated carbocycles. The third-order valence-electron chi connectivity index (χ3n) is 3.55. The number of anilines is 1. The maximum Gasteiger partial charge on any atom is 0.195 e. The van der Waals surface area contributed by atoms with Crippen LogP contribution in [-0.4, -0.2) is 19.2 Å². The summed E-state index contributed by atoms with van der Waals surface area (Å²) < 4.78 is 26.2. The molecule has 0 radical (unpaired) electrons. The van der Waals surface area contributed by atoms with Crippen molar-refractivity contribution in [3.05, 3.63) is 64.4 Å². The molecule has 2 aromatic carbocycles. The van der Waals surface area contributed by atoms with Crippen LogP contribution >= 0.6 is 34.9 Å². The molecule has 0 atom stereocenters. The van der Waals surface area contributed by atoms with Crippen LogP contribution in [0.25, 0.3) is 0 Å². The summed E-state index contributed by atoms with van der Waals surface area (Å²) in [6.07, 6.45) is 1.75. The van der Waals surface area contributed by atoms with Crippen molar-refractivity contribution in [2.45, 2.75) is 11.4 Å². The second-order valence-electron chi connectivity index (χ2n) is 5.20. The minimum absolute atomic E-state index is 0.0936. The van der Waals surface area contributed by atoms with Gasteiger partial charge in [0, 0.05) is 28.1 Å². The third-order valence-corrected chi connectivity index (χ3v) is 5.73. The van der Waals surface area contributed by atoms with Crippen LogP contribution in [0.5, 0.6) is 11.5 Å². The largest absolute Gasteiger partial charge is 0.497 e. The molecule has 0 amide bonds. The fraction of sp³-hybridized carbons (Fsp3) is 0.167. The molecule has 1 aromatic heterocycles. The molecular formula is C18H16ClFN2O2S2.